The van der Waals surface area contributed by atoms with E-state index in [9.17, 15) is 9.50 Å². The van der Waals surface area contributed by atoms with Crippen LogP contribution in [-0.2, 0) is 6.54 Å². The molecule has 0 bridgehead atoms. The van der Waals surface area contributed by atoms with Gasteiger partial charge in [-0.15, -0.1) is 0 Å². The molecule has 1 aromatic heterocycles. The average Bonchev–Trinajstić information content (AvgIpc) is 2.13. The third-order valence-corrected chi connectivity index (χ3v) is 5.99. The van der Waals surface area contributed by atoms with Gasteiger partial charge in [0.25, 0.3) is 6.54 Å². The van der Waals surface area contributed by atoms with E-state index < -0.39 is 33.3 Å². The van der Waals surface area contributed by atoms with Crippen LogP contribution in [0.2, 0.25) is 0 Å². The summed E-state index contributed by atoms with van der Waals surface area (Å²) in [5, 5.41) is 6.31. The molecule has 0 amide bonds. The fourth-order valence-corrected chi connectivity index (χ4v) is 3.35. The number of hydrogen-bond donors (Lipinski definition) is 7. The first-order chi connectivity index (χ1) is 7.97. The maximum Gasteiger partial charge on any atom is 0.496 e. The minimum Gasteiger partial charge on any atom is -0.309 e. The molecule has 0 atom stereocenters. The Balaban J connectivity index is 3.16. The molecule has 0 aliphatic carbocycles. The standard InChI is InChI=1S/C7H13FNO7P2/c8-6-2-1-3-9(4-6)5-7(10,17(11,12)13)18(14,15)16/h1-4,10-16H,5H2/q+3. The molecule has 0 fully saturated rings. The quantitative estimate of drug-likeness (QED) is 0.258. The van der Waals surface area contributed by atoms with Gasteiger partial charge in [-0.05, 0) is 6.07 Å². The van der Waals surface area contributed by atoms with E-state index >= 15 is 0 Å². The average molecular weight is 304 g/mol. The molecule has 0 radical (unpaired) electrons. The number of halogens is 1. The van der Waals surface area contributed by atoms with E-state index in [-0.39, 0.29) is 0 Å². The topological polar surface area (TPSA) is 145 Å². The molecule has 102 valence electrons. The van der Waals surface area contributed by atoms with E-state index in [0.717, 1.165) is 23.0 Å². The Labute approximate surface area is 102 Å². The van der Waals surface area contributed by atoms with Crippen LogP contribution >= 0.6 is 15.9 Å². The van der Waals surface area contributed by atoms with Gasteiger partial charge < -0.3 is 5.11 Å². The van der Waals surface area contributed by atoms with Crippen molar-refractivity contribution in [1.82, 2.24) is 0 Å². The summed E-state index contributed by atoms with van der Waals surface area (Å²) in [6.45, 7) is -1.03. The van der Waals surface area contributed by atoms with Crippen molar-refractivity contribution in [2.75, 3.05) is 0 Å². The van der Waals surface area contributed by atoms with Crippen molar-refractivity contribution in [3.63, 3.8) is 0 Å². The molecule has 1 heterocycles. The molecule has 0 aliphatic rings. The number of hydrogen-bond acceptors (Lipinski definition) is 7. The van der Waals surface area contributed by atoms with E-state index in [0.29, 0.717) is 0 Å². The molecular weight excluding hydrogens is 291 g/mol. The maximum atomic E-state index is 12.9. The first-order valence-electron chi connectivity index (χ1n) is 4.49. The van der Waals surface area contributed by atoms with Crippen molar-refractivity contribution in [1.29, 1.82) is 0 Å². The van der Waals surface area contributed by atoms with Crippen molar-refractivity contribution >= 4 is 15.9 Å². The lowest BCUT2D eigenvalue weighted by atomic mass is 10.4. The molecule has 0 aromatic carbocycles. The lowest BCUT2D eigenvalue weighted by molar-refractivity contribution is -0.705. The van der Waals surface area contributed by atoms with Gasteiger partial charge in [-0.25, -0.2) is 4.39 Å². The summed E-state index contributed by atoms with van der Waals surface area (Å²) in [4.78, 5) is 54.1. The molecule has 0 saturated carbocycles. The highest BCUT2D eigenvalue weighted by atomic mass is 31.3. The molecule has 1 rings (SSSR count). The summed E-state index contributed by atoms with van der Waals surface area (Å²) in [6.07, 6.45) is 1.94. The number of rotatable bonds is 4. The minimum absolute atomic E-state index is 0.754. The fourth-order valence-electron chi connectivity index (χ4n) is 1.20. The smallest absolute Gasteiger partial charge is 0.309 e. The van der Waals surface area contributed by atoms with E-state index in [4.69, 9.17) is 29.4 Å². The van der Waals surface area contributed by atoms with Gasteiger partial charge in [0.05, 0.1) is 0 Å². The zero-order valence-corrected chi connectivity index (χ0v) is 10.7. The Morgan fingerprint density at radius 1 is 1.11 bits per heavy atom. The third-order valence-electron chi connectivity index (χ3n) is 2.18. The van der Waals surface area contributed by atoms with E-state index in [1.54, 1.807) is 0 Å². The first kappa shape index (κ1) is 15.7. The Hall–Kier alpha value is -0.340. The lowest BCUT2D eigenvalue weighted by Crippen LogP contribution is -2.50. The summed E-state index contributed by atoms with van der Waals surface area (Å²) in [6, 6.07) is 2.24. The van der Waals surface area contributed by atoms with Crippen LogP contribution < -0.4 is 4.57 Å². The molecule has 8 nitrogen and oxygen atoms in total. The van der Waals surface area contributed by atoms with Crippen molar-refractivity contribution in [3.8, 4) is 0 Å². The summed E-state index contributed by atoms with van der Waals surface area (Å²) in [5.41, 5.74) is 0. The largest absolute Gasteiger partial charge is 0.496 e. The second-order valence-corrected chi connectivity index (χ2v) is 7.71. The molecule has 0 unspecified atom stereocenters. The van der Waals surface area contributed by atoms with Crippen LogP contribution in [0.4, 0.5) is 4.39 Å². The van der Waals surface area contributed by atoms with E-state index in [1.165, 1.54) is 6.07 Å². The Kier molecular flexibility index (Phi) is 4.34. The van der Waals surface area contributed by atoms with Gasteiger partial charge in [0.15, 0.2) is 12.0 Å². The van der Waals surface area contributed by atoms with E-state index in [2.05, 4.69) is 0 Å². The van der Waals surface area contributed by atoms with Gasteiger partial charge in [0.1, 0.15) is 0 Å². The maximum absolute atomic E-state index is 12.9. The second-order valence-electron chi connectivity index (χ2n) is 3.61. The van der Waals surface area contributed by atoms with Crippen LogP contribution in [-0.4, -0.2) is 39.6 Å². The predicted molar refractivity (Wildman–Crippen MR) is 58.7 cm³/mol. The van der Waals surface area contributed by atoms with Crippen molar-refractivity contribution in [2.24, 2.45) is 0 Å². The van der Waals surface area contributed by atoms with Crippen LogP contribution in [0.5, 0.6) is 0 Å². The van der Waals surface area contributed by atoms with Crippen LogP contribution in [0.3, 0.4) is 0 Å². The van der Waals surface area contributed by atoms with Crippen molar-refractivity contribution in [2.45, 2.75) is 11.6 Å². The summed E-state index contributed by atoms with van der Waals surface area (Å²) >= 11 is 0. The molecule has 0 saturated heterocycles. The predicted octanol–water partition coefficient (Wildman–Crippen LogP) is -1.76. The van der Waals surface area contributed by atoms with Crippen molar-refractivity contribution in [3.05, 3.63) is 30.3 Å². The zero-order chi connectivity index (χ0) is 14.2. The van der Waals surface area contributed by atoms with Gasteiger partial charge >= 0.3 is 21.0 Å². The monoisotopic (exact) mass is 304 g/mol. The molecule has 11 heteroatoms. The second kappa shape index (κ2) is 4.97. The molecule has 0 spiro atoms. The highest BCUT2D eigenvalue weighted by molar-refractivity contribution is 7.78. The normalized spacial score (nSPS) is 13.8. The lowest BCUT2D eigenvalue weighted by Gasteiger charge is -2.22. The molecule has 1 aromatic rings. The highest BCUT2D eigenvalue weighted by Gasteiger charge is 2.82. The van der Waals surface area contributed by atoms with E-state index in [1.807, 2.05) is 0 Å². The summed E-state index contributed by atoms with van der Waals surface area (Å²) < 4.78 is 13.7. The van der Waals surface area contributed by atoms with Crippen molar-refractivity contribution < 1.29 is 43.4 Å². The molecular formula is C7H13FNO7P2+3. The van der Waals surface area contributed by atoms with Gasteiger partial charge in [-0.2, -0.15) is 33.9 Å². The van der Waals surface area contributed by atoms with Gasteiger partial charge in [-0.3, -0.25) is 0 Å². The Morgan fingerprint density at radius 3 is 2.00 bits per heavy atom. The SMILES string of the molecule is OC(C[n+]1cccc(F)c1)([P+](O)(O)O)[P+](O)(O)O. The number of pyridine rings is 1. The molecule has 7 N–H and O–H groups in total. The molecule has 18 heavy (non-hydrogen) atoms. The Bertz CT molecular complexity index is 419. The van der Waals surface area contributed by atoms with Crippen LogP contribution in [0.25, 0.3) is 0 Å². The first-order valence-corrected chi connectivity index (χ1v) is 7.78. The fraction of sp³-hybridized carbons (Fsp3) is 0.286. The Morgan fingerprint density at radius 2 is 1.61 bits per heavy atom. The minimum atomic E-state index is -5.23. The molecule has 0 aliphatic heterocycles. The van der Waals surface area contributed by atoms with Gasteiger partial charge in [-0.1, -0.05) is 0 Å². The summed E-state index contributed by atoms with van der Waals surface area (Å²) in [7, 11) is -10.5. The zero-order valence-electron chi connectivity index (χ0n) is 8.87. The van der Waals surface area contributed by atoms with Crippen LogP contribution in [0.15, 0.2) is 24.5 Å². The van der Waals surface area contributed by atoms with Gasteiger partial charge in [0, 0.05) is 6.07 Å². The third kappa shape index (κ3) is 3.16. The highest BCUT2D eigenvalue weighted by Crippen LogP contribution is 2.75. The summed E-state index contributed by atoms with van der Waals surface area (Å²) in [5.74, 6) is -0.754. The number of aliphatic hydroxyl groups is 1. The van der Waals surface area contributed by atoms with Gasteiger partial charge in [0.2, 0.25) is 6.20 Å². The van der Waals surface area contributed by atoms with Crippen LogP contribution in [0.1, 0.15) is 0 Å². The van der Waals surface area contributed by atoms with Crippen LogP contribution in [0, 0.1) is 5.82 Å². The number of aromatic nitrogens is 1. The number of nitrogens with zero attached hydrogens (tertiary/aromatic N) is 1.